The molecule has 0 fully saturated rings. The summed E-state index contributed by atoms with van der Waals surface area (Å²) in [6.07, 6.45) is 1.42. The first-order valence-electron chi connectivity index (χ1n) is 2.92. The normalized spacial score (nSPS) is 9.73. The summed E-state index contributed by atoms with van der Waals surface area (Å²) in [6, 6.07) is 2.84. The lowest BCUT2D eigenvalue weighted by Gasteiger charge is -1.99. The zero-order valence-electron chi connectivity index (χ0n) is 5.57. The molecule has 0 aliphatic carbocycles. The van der Waals surface area contributed by atoms with Gasteiger partial charge in [0.1, 0.15) is 5.82 Å². The van der Waals surface area contributed by atoms with Gasteiger partial charge in [0.2, 0.25) is 0 Å². The summed E-state index contributed by atoms with van der Waals surface area (Å²) in [4.78, 5) is 0. The van der Waals surface area contributed by atoms with Crippen LogP contribution in [0.25, 0.3) is 6.08 Å². The molecule has 0 saturated heterocycles. The van der Waals surface area contributed by atoms with Crippen molar-refractivity contribution < 1.29 is 4.39 Å². The fourth-order valence-electron chi connectivity index (χ4n) is 0.694. The lowest BCUT2D eigenvalue weighted by molar-refractivity contribution is 0.624. The molecule has 11 heavy (non-hydrogen) atoms. The van der Waals surface area contributed by atoms with Gasteiger partial charge in [-0.15, -0.1) is 0 Å². The van der Waals surface area contributed by atoms with Crippen LogP contribution in [0.1, 0.15) is 5.56 Å². The summed E-state index contributed by atoms with van der Waals surface area (Å²) >= 11 is 8.81. The molecule has 1 aromatic carbocycles. The first-order valence-corrected chi connectivity index (χ1v) is 4.09. The van der Waals surface area contributed by atoms with Crippen LogP contribution in [0, 0.1) is 5.82 Å². The van der Waals surface area contributed by atoms with Crippen LogP contribution in [-0.2, 0) is 0 Å². The van der Waals surface area contributed by atoms with Crippen molar-refractivity contribution in [3.05, 3.63) is 39.6 Å². The highest BCUT2D eigenvalue weighted by molar-refractivity contribution is 9.10. The van der Waals surface area contributed by atoms with E-state index in [-0.39, 0.29) is 5.82 Å². The number of hydrogen-bond donors (Lipinski definition) is 0. The first kappa shape index (κ1) is 8.75. The van der Waals surface area contributed by atoms with Crippen LogP contribution in [-0.4, -0.2) is 0 Å². The summed E-state index contributed by atoms with van der Waals surface area (Å²) in [6.45, 7) is 3.45. The Balaban J connectivity index is 3.31. The molecular formula is C8H5BrClF. The minimum Gasteiger partial charge on any atom is -0.206 e. The topological polar surface area (TPSA) is 0 Å². The lowest BCUT2D eigenvalue weighted by atomic mass is 10.2. The summed E-state index contributed by atoms with van der Waals surface area (Å²) in [5, 5.41) is 0.487. The molecular weight excluding hydrogens is 230 g/mol. The smallest absolute Gasteiger partial charge is 0.131 e. The molecule has 1 aromatic rings. The highest BCUT2D eigenvalue weighted by Gasteiger charge is 2.02. The summed E-state index contributed by atoms with van der Waals surface area (Å²) in [5.74, 6) is -0.323. The van der Waals surface area contributed by atoms with Gasteiger partial charge in [-0.3, -0.25) is 0 Å². The summed E-state index contributed by atoms with van der Waals surface area (Å²) in [5.41, 5.74) is 0.415. The van der Waals surface area contributed by atoms with Crippen molar-refractivity contribution >= 4 is 33.6 Å². The Labute approximate surface area is 77.8 Å². The van der Waals surface area contributed by atoms with Gasteiger partial charge in [0.05, 0.1) is 5.02 Å². The molecule has 1 rings (SSSR count). The van der Waals surface area contributed by atoms with Crippen LogP contribution < -0.4 is 0 Å². The quantitative estimate of drug-likeness (QED) is 0.648. The van der Waals surface area contributed by atoms with E-state index in [1.807, 2.05) is 0 Å². The van der Waals surface area contributed by atoms with Gasteiger partial charge in [0.25, 0.3) is 0 Å². The molecule has 3 heteroatoms. The van der Waals surface area contributed by atoms with Crippen LogP contribution in [0.4, 0.5) is 4.39 Å². The van der Waals surface area contributed by atoms with E-state index in [0.29, 0.717) is 15.1 Å². The van der Waals surface area contributed by atoms with E-state index in [1.54, 1.807) is 0 Å². The van der Waals surface area contributed by atoms with Gasteiger partial charge >= 0.3 is 0 Å². The zero-order valence-corrected chi connectivity index (χ0v) is 7.91. The maximum Gasteiger partial charge on any atom is 0.131 e. The average Bonchev–Trinajstić information content (AvgIpc) is 1.97. The molecule has 0 amide bonds. The van der Waals surface area contributed by atoms with Crippen LogP contribution in [0.2, 0.25) is 5.02 Å². The van der Waals surface area contributed by atoms with E-state index in [0.717, 1.165) is 0 Å². The van der Waals surface area contributed by atoms with Gasteiger partial charge in [-0.25, -0.2) is 4.39 Å². The Hall–Kier alpha value is -0.340. The third kappa shape index (κ3) is 1.82. The van der Waals surface area contributed by atoms with Gasteiger partial charge in [-0.05, 0) is 28.1 Å². The standard InChI is InChI=1S/C8H5BrClF/c1-2-5-3-7(10)6(9)4-8(5)11/h2-4H,1H2. The molecule has 0 bridgehead atoms. The molecule has 0 radical (unpaired) electrons. The molecule has 0 unspecified atom stereocenters. The number of benzene rings is 1. The molecule has 0 N–H and O–H groups in total. The third-order valence-corrected chi connectivity index (χ3v) is 2.46. The summed E-state index contributed by atoms with van der Waals surface area (Å²) in [7, 11) is 0. The Morgan fingerprint density at radius 1 is 1.55 bits per heavy atom. The number of rotatable bonds is 1. The van der Waals surface area contributed by atoms with Crippen LogP contribution in [0.5, 0.6) is 0 Å². The molecule has 0 nitrogen and oxygen atoms in total. The molecule has 0 aliphatic heterocycles. The van der Waals surface area contributed by atoms with E-state index < -0.39 is 0 Å². The third-order valence-electron chi connectivity index (χ3n) is 1.26. The Morgan fingerprint density at radius 2 is 2.18 bits per heavy atom. The minimum atomic E-state index is -0.323. The van der Waals surface area contributed by atoms with E-state index >= 15 is 0 Å². The molecule has 0 atom stereocenters. The number of hydrogen-bond acceptors (Lipinski definition) is 0. The van der Waals surface area contributed by atoms with E-state index in [2.05, 4.69) is 22.5 Å². The van der Waals surface area contributed by atoms with Crippen molar-refractivity contribution in [3.8, 4) is 0 Å². The predicted octanol–water partition coefficient (Wildman–Crippen LogP) is 3.88. The SMILES string of the molecule is C=Cc1cc(Cl)c(Br)cc1F. The maximum absolute atomic E-state index is 12.9. The largest absolute Gasteiger partial charge is 0.206 e. The first-order chi connectivity index (χ1) is 5.15. The molecule has 0 aliphatic rings. The van der Waals surface area contributed by atoms with Gasteiger partial charge in [0, 0.05) is 10.0 Å². The predicted molar refractivity (Wildman–Crippen MR) is 49.2 cm³/mol. The van der Waals surface area contributed by atoms with Gasteiger partial charge < -0.3 is 0 Å². The zero-order chi connectivity index (χ0) is 8.43. The van der Waals surface area contributed by atoms with E-state index in [4.69, 9.17) is 11.6 Å². The lowest BCUT2D eigenvalue weighted by Crippen LogP contribution is -1.81. The van der Waals surface area contributed by atoms with E-state index in [1.165, 1.54) is 18.2 Å². The minimum absolute atomic E-state index is 0.323. The van der Waals surface area contributed by atoms with E-state index in [9.17, 15) is 4.39 Å². The van der Waals surface area contributed by atoms with Gasteiger partial charge in [0.15, 0.2) is 0 Å². The average molecular weight is 235 g/mol. The van der Waals surface area contributed by atoms with Crippen molar-refractivity contribution in [1.82, 2.24) is 0 Å². The number of halogens is 3. The Bertz CT molecular complexity index is 296. The van der Waals surface area contributed by atoms with Gasteiger partial charge in [-0.1, -0.05) is 24.3 Å². The Kier molecular flexibility index (Phi) is 2.68. The maximum atomic E-state index is 12.9. The van der Waals surface area contributed by atoms with Crippen molar-refractivity contribution in [2.75, 3.05) is 0 Å². The second-order valence-corrected chi connectivity index (χ2v) is 3.25. The molecule has 0 spiro atoms. The Morgan fingerprint density at radius 3 is 2.73 bits per heavy atom. The fraction of sp³-hybridized carbons (Fsp3) is 0. The van der Waals surface area contributed by atoms with Crippen LogP contribution >= 0.6 is 27.5 Å². The van der Waals surface area contributed by atoms with Gasteiger partial charge in [-0.2, -0.15) is 0 Å². The van der Waals surface area contributed by atoms with Crippen molar-refractivity contribution in [2.45, 2.75) is 0 Å². The second-order valence-electron chi connectivity index (χ2n) is 1.99. The highest BCUT2D eigenvalue weighted by Crippen LogP contribution is 2.25. The highest BCUT2D eigenvalue weighted by atomic mass is 79.9. The summed E-state index contributed by atoms with van der Waals surface area (Å²) < 4.78 is 13.4. The van der Waals surface area contributed by atoms with Crippen molar-refractivity contribution in [1.29, 1.82) is 0 Å². The monoisotopic (exact) mass is 234 g/mol. The second kappa shape index (κ2) is 3.37. The fourth-order valence-corrected chi connectivity index (χ4v) is 1.18. The molecule has 0 heterocycles. The van der Waals surface area contributed by atoms with Crippen LogP contribution in [0.3, 0.4) is 0 Å². The van der Waals surface area contributed by atoms with Crippen LogP contribution in [0.15, 0.2) is 23.2 Å². The van der Waals surface area contributed by atoms with Crippen molar-refractivity contribution in [3.63, 3.8) is 0 Å². The molecule has 0 aromatic heterocycles. The van der Waals surface area contributed by atoms with Crippen molar-refractivity contribution in [2.24, 2.45) is 0 Å². The molecule has 0 saturated carbocycles. The molecule has 58 valence electrons.